The molecule has 0 radical (unpaired) electrons. The molecule has 0 saturated carbocycles. The summed E-state index contributed by atoms with van der Waals surface area (Å²) in [5, 5.41) is 0. The first-order valence-corrected chi connectivity index (χ1v) is 10.6. The second-order valence-corrected chi connectivity index (χ2v) is 8.52. The molecule has 2 aromatic carbocycles. The number of hydrogen-bond acceptors (Lipinski definition) is 2. The van der Waals surface area contributed by atoms with E-state index in [1.165, 1.54) is 12.1 Å². The minimum atomic E-state index is -0.287. The standard InChI is InChI=1S/C25H28FN3O2/c1-18(2)17-31-24-8-4-19(5-9-24)13-28-14-20-6-7-22(26)12-21(20)15-29(25(28)30)23-10-11-27(3)16-23/h4-12,16,18H,13-15,17H2,1-3H3. The van der Waals surface area contributed by atoms with Gasteiger partial charge in [0.2, 0.25) is 0 Å². The predicted octanol–water partition coefficient (Wildman–Crippen LogP) is 5.34. The lowest BCUT2D eigenvalue weighted by molar-refractivity contribution is 0.201. The third-order valence-corrected chi connectivity index (χ3v) is 5.37. The summed E-state index contributed by atoms with van der Waals surface area (Å²) in [6.45, 7) is 6.13. The van der Waals surface area contributed by atoms with Gasteiger partial charge in [-0.15, -0.1) is 0 Å². The molecule has 4 rings (SSSR count). The van der Waals surface area contributed by atoms with Crippen molar-refractivity contribution in [2.75, 3.05) is 11.5 Å². The van der Waals surface area contributed by atoms with Crippen molar-refractivity contribution in [2.24, 2.45) is 13.0 Å². The van der Waals surface area contributed by atoms with Crippen molar-refractivity contribution < 1.29 is 13.9 Å². The molecule has 2 amide bonds. The van der Waals surface area contributed by atoms with E-state index < -0.39 is 0 Å². The Bertz CT molecular complexity index is 1060. The van der Waals surface area contributed by atoms with Gasteiger partial charge in [0, 0.05) is 32.5 Å². The van der Waals surface area contributed by atoms with Crippen molar-refractivity contribution in [1.82, 2.24) is 9.47 Å². The van der Waals surface area contributed by atoms with Crippen LogP contribution in [0.25, 0.3) is 0 Å². The van der Waals surface area contributed by atoms with Gasteiger partial charge >= 0.3 is 6.03 Å². The summed E-state index contributed by atoms with van der Waals surface area (Å²) in [7, 11) is 1.92. The van der Waals surface area contributed by atoms with Crippen molar-refractivity contribution in [3.63, 3.8) is 0 Å². The number of halogens is 1. The first kappa shape index (κ1) is 21.0. The predicted molar refractivity (Wildman–Crippen MR) is 119 cm³/mol. The molecule has 162 valence electrons. The van der Waals surface area contributed by atoms with Gasteiger partial charge in [0.05, 0.1) is 18.8 Å². The Hall–Kier alpha value is -3.28. The van der Waals surface area contributed by atoms with E-state index in [1.807, 2.05) is 54.3 Å². The molecule has 1 aromatic heterocycles. The van der Waals surface area contributed by atoms with Crippen LogP contribution in [0, 0.1) is 11.7 Å². The van der Waals surface area contributed by atoms with E-state index in [0.29, 0.717) is 32.2 Å². The number of aryl methyl sites for hydroxylation is 1. The summed E-state index contributed by atoms with van der Waals surface area (Å²) < 4.78 is 21.6. The second kappa shape index (κ2) is 8.84. The third-order valence-electron chi connectivity index (χ3n) is 5.37. The van der Waals surface area contributed by atoms with E-state index >= 15 is 0 Å². The summed E-state index contributed by atoms with van der Waals surface area (Å²) in [6.07, 6.45) is 3.81. The summed E-state index contributed by atoms with van der Waals surface area (Å²) in [4.78, 5) is 17.0. The number of rotatable bonds is 6. The van der Waals surface area contributed by atoms with Crippen molar-refractivity contribution in [3.05, 3.63) is 83.4 Å². The fraction of sp³-hybridized carbons (Fsp3) is 0.320. The molecule has 2 heterocycles. The smallest absolute Gasteiger partial charge is 0.325 e. The molecule has 5 nitrogen and oxygen atoms in total. The van der Waals surface area contributed by atoms with Crippen LogP contribution < -0.4 is 9.64 Å². The van der Waals surface area contributed by atoms with Crippen molar-refractivity contribution in [3.8, 4) is 5.75 Å². The van der Waals surface area contributed by atoms with Crippen LogP contribution in [0.15, 0.2) is 60.9 Å². The van der Waals surface area contributed by atoms with Crippen LogP contribution in [0.3, 0.4) is 0 Å². The van der Waals surface area contributed by atoms with Crippen molar-refractivity contribution >= 4 is 11.7 Å². The fourth-order valence-corrected chi connectivity index (χ4v) is 3.73. The summed E-state index contributed by atoms with van der Waals surface area (Å²) >= 11 is 0. The molecule has 0 bridgehead atoms. The number of nitrogens with zero attached hydrogens (tertiary/aromatic N) is 3. The summed E-state index contributed by atoms with van der Waals surface area (Å²) in [5.41, 5.74) is 3.61. The topological polar surface area (TPSA) is 37.7 Å². The zero-order valence-corrected chi connectivity index (χ0v) is 18.2. The lowest BCUT2D eigenvalue weighted by Gasteiger charge is -2.27. The van der Waals surface area contributed by atoms with Gasteiger partial charge < -0.3 is 14.2 Å². The van der Waals surface area contributed by atoms with Crippen LogP contribution in [0.1, 0.15) is 30.5 Å². The van der Waals surface area contributed by atoms with Gasteiger partial charge in [-0.2, -0.15) is 0 Å². The minimum absolute atomic E-state index is 0.0945. The maximum absolute atomic E-state index is 13.9. The Morgan fingerprint density at radius 3 is 2.48 bits per heavy atom. The maximum atomic E-state index is 13.9. The quantitative estimate of drug-likeness (QED) is 0.539. The molecule has 0 unspecified atom stereocenters. The number of hydrogen-bond donors (Lipinski definition) is 0. The molecule has 1 aliphatic heterocycles. The highest BCUT2D eigenvalue weighted by atomic mass is 19.1. The minimum Gasteiger partial charge on any atom is -0.493 e. The maximum Gasteiger partial charge on any atom is 0.325 e. The molecule has 0 atom stereocenters. The van der Waals surface area contributed by atoms with E-state index in [-0.39, 0.29) is 11.8 Å². The van der Waals surface area contributed by atoms with E-state index in [0.717, 1.165) is 28.1 Å². The van der Waals surface area contributed by atoms with Crippen LogP contribution >= 0.6 is 0 Å². The lowest BCUT2D eigenvalue weighted by atomic mass is 10.1. The van der Waals surface area contributed by atoms with E-state index in [1.54, 1.807) is 15.9 Å². The number of carbonyl (C=O) groups excluding carboxylic acids is 1. The van der Waals surface area contributed by atoms with Gasteiger partial charge in [0.25, 0.3) is 0 Å². The first-order valence-electron chi connectivity index (χ1n) is 10.6. The molecule has 1 aliphatic rings. The van der Waals surface area contributed by atoms with Crippen molar-refractivity contribution in [1.29, 1.82) is 0 Å². The lowest BCUT2D eigenvalue weighted by Crippen LogP contribution is -2.40. The number of urea groups is 1. The highest BCUT2D eigenvalue weighted by molar-refractivity contribution is 5.92. The molecule has 0 N–H and O–H groups in total. The van der Waals surface area contributed by atoms with Gasteiger partial charge in [-0.05, 0) is 52.9 Å². The first-order chi connectivity index (χ1) is 14.9. The highest BCUT2D eigenvalue weighted by Crippen LogP contribution is 2.28. The number of carbonyl (C=O) groups is 1. The SMILES string of the molecule is CC(C)COc1ccc(CN2Cc3ccc(F)cc3CN(c3ccn(C)c3)C2=O)cc1. The zero-order valence-electron chi connectivity index (χ0n) is 18.2. The Morgan fingerprint density at radius 1 is 1.03 bits per heavy atom. The molecule has 31 heavy (non-hydrogen) atoms. The largest absolute Gasteiger partial charge is 0.493 e. The Kier molecular flexibility index (Phi) is 5.98. The number of ether oxygens (including phenoxy) is 1. The normalized spacial score (nSPS) is 14.0. The summed E-state index contributed by atoms with van der Waals surface area (Å²) in [6, 6.07) is 14.4. The molecule has 6 heteroatoms. The number of anilines is 1. The number of fused-ring (bicyclic) bond motifs is 1. The van der Waals surface area contributed by atoms with Gasteiger partial charge in [-0.3, -0.25) is 4.90 Å². The Labute approximate surface area is 182 Å². The Morgan fingerprint density at radius 2 is 1.81 bits per heavy atom. The van der Waals surface area contributed by atoms with Gasteiger partial charge in [-0.1, -0.05) is 32.0 Å². The van der Waals surface area contributed by atoms with Crippen LogP contribution in [-0.2, 0) is 26.7 Å². The third kappa shape index (κ3) is 4.90. The average molecular weight is 422 g/mol. The van der Waals surface area contributed by atoms with E-state index in [9.17, 15) is 9.18 Å². The van der Waals surface area contributed by atoms with E-state index in [2.05, 4.69) is 13.8 Å². The number of aromatic nitrogens is 1. The van der Waals surface area contributed by atoms with Crippen LogP contribution in [-0.4, -0.2) is 22.1 Å². The van der Waals surface area contributed by atoms with Gasteiger partial charge in [0.15, 0.2) is 0 Å². The zero-order chi connectivity index (χ0) is 22.0. The highest BCUT2D eigenvalue weighted by Gasteiger charge is 2.28. The monoisotopic (exact) mass is 421 g/mol. The summed E-state index contributed by atoms with van der Waals surface area (Å²) in [5.74, 6) is 0.999. The van der Waals surface area contributed by atoms with Crippen LogP contribution in [0.5, 0.6) is 5.75 Å². The average Bonchev–Trinajstić information content (AvgIpc) is 3.12. The Balaban J connectivity index is 1.59. The molecular weight excluding hydrogens is 393 g/mol. The fourth-order valence-electron chi connectivity index (χ4n) is 3.73. The molecule has 0 aliphatic carbocycles. The second-order valence-electron chi connectivity index (χ2n) is 8.52. The number of amides is 2. The number of benzene rings is 2. The van der Waals surface area contributed by atoms with Gasteiger partial charge in [0.1, 0.15) is 11.6 Å². The molecule has 0 saturated heterocycles. The van der Waals surface area contributed by atoms with E-state index in [4.69, 9.17) is 4.74 Å². The van der Waals surface area contributed by atoms with Crippen LogP contribution in [0.2, 0.25) is 0 Å². The van der Waals surface area contributed by atoms with Crippen LogP contribution in [0.4, 0.5) is 14.9 Å². The molecule has 0 spiro atoms. The van der Waals surface area contributed by atoms with Gasteiger partial charge in [-0.25, -0.2) is 9.18 Å². The molecule has 3 aromatic rings. The van der Waals surface area contributed by atoms with Crippen molar-refractivity contribution in [2.45, 2.75) is 33.5 Å². The molecule has 0 fully saturated rings. The molecular formula is C25H28FN3O2.